The summed E-state index contributed by atoms with van der Waals surface area (Å²) in [5, 5.41) is 18.4. The topological polar surface area (TPSA) is 73.0 Å². The van der Waals surface area contributed by atoms with E-state index in [4.69, 9.17) is 0 Å². The van der Waals surface area contributed by atoms with Crippen molar-refractivity contribution in [3.8, 4) is 0 Å². The number of hydrogen-bond donors (Lipinski definition) is 1. The molecule has 1 aromatic rings. The lowest BCUT2D eigenvalue weighted by atomic mass is 10.1. The molecular weight excluding hydrogens is 208 g/mol. The van der Waals surface area contributed by atoms with Crippen LogP contribution >= 0.6 is 0 Å². The molecule has 2 heterocycles. The van der Waals surface area contributed by atoms with Gasteiger partial charge in [-0.25, -0.2) is 0 Å². The summed E-state index contributed by atoms with van der Waals surface area (Å²) in [6.07, 6.45) is 4.16. The summed E-state index contributed by atoms with van der Waals surface area (Å²) >= 11 is 0. The van der Waals surface area contributed by atoms with Crippen LogP contribution in [0.1, 0.15) is 31.5 Å². The molecule has 0 aliphatic carbocycles. The maximum Gasteiger partial charge on any atom is 0.310 e. The van der Waals surface area contributed by atoms with E-state index < -0.39 is 0 Å². The molecular formula is C10H16N4O2. The van der Waals surface area contributed by atoms with Crippen molar-refractivity contribution in [1.29, 1.82) is 0 Å². The number of hydrogen-bond acceptors (Lipinski definition) is 4. The minimum Gasteiger partial charge on any atom is -0.317 e. The first-order valence-electron chi connectivity index (χ1n) is 5.65. The minimum absolute atomic E-state index is 0.154. The van der Waals surface area contributed by atoms with Crippen molar-refractivity contribution >= 4 is 5.69 Å². The lowest BCUT2D eigenvalue weighted by molar-refractivity contribution is -0.385. The Morgan fingerprint density at radius 2 is 2.31 bits per heavy atom. The van der Waals surface area contributed by atoms with Gasteiger partial charge in [0, 0.05) is 0 Å². The summed E-state index contributed by atoms with van der Waals surface area (Å²) in [6.45, 7) is 3.81. The average molecular weight is 224 g/mol. The smallest absolute Gasteiger partial charge is 0.310 e. The Morgan fingerprint density at radius 1 is 1.62 bits per heavy atom. The maximum atomic E-state index is 10.8. The van der Waals surface area contributed by atoms with Crippen molar-refractivity contribution in [2.45, 2.75) is 32.2 Å². The molecule has 0 radical (unpaired) electrons. The highest BCUT2D eigenvalue weighted by Gasteiger charge is 2.22. The third kappa shape index (κ3) is 2.06. The molecule has 1 fully saturated rings. The Morgan fingerprint density at radius 3 is 2.81 bits per heavy atom. The second-order valence-corrected chi connectivity index (χ2v) is 4.03. The first-order chi connectivity index (χ1) is 7.72. The highest BCUT2D eigenvalue weighted by Crippen LogP contribution is 2.23. The quantitative estimate of drug-likeness (QED) is 0.620. The molecule has 1 aliphatic heterocycles. The van der Waals surface area contributed by atoms with Gasteiger partial charge in [0.2, 0.25) is 0 Å². The summed E-state index contributed by atoms with van der Waals surface area (Å²) < 4.78 is 1.78. The standard InChI is InChI=1S/C10H16N4O2/c1-2-9-10(14(15)16)7-13(12-9)8-3-5-11-6-4-8/h7-8,11H,2-6H2,1H3. The first-order valence-corrected chi connectivity index (χ1v) is 5.65. The van der Waals surface area contributed by atoms with Crippen LogP contribution in [-0.2, 0) is 6.42 Å². The van der Waals surface area contributed by atoms with Gasteiger partial charge in [-0.15, -0.1) is 0 Å². The SMILES string of the molecule is CCc1nn(C2CCNCC2)cc1[N+](=O)[O-]. The molecule has 1 aliphatic rings. The second-order valence-electron chi connectivity index (χ2n) is 4.03. The predicted octanol–water partition coefficient (Wildman–Crippen LogP) is 1.28. The lowest BCUT2D eigenvalue weighted by Crippen LogP contribution is -2.29. The van der Waals surface area contributed by atoms with Crippen LogP contribution in [0.25, 0.3) is 0 Å². The average Bonchev–Trinajstić information content (AvgIpc) is 2.74. The molecule has 16 heavy (non-hydrogen) atoms. The fourth-order valence-electron chi connectivity index (χ4n) is 2.08. The molecule has 6 nitrogen and oxygen atoms in total. The van der Waals surface area contributed by atoms with Crippen LogP contribution in [0.5, 0.6) is 0 Å². The van der Waals surface area contributed by atoms with E-state index in [-0.39, 0.29) is 10.6 Å². The molecule has 88 valence electrons. The third-order valence-corrected chi connectivity index (χ3v) is 3.00. The second kappa shape index (κ2) is 4.61. The van der Waals surface area contributed by atoms with Gasteiger partial charge in [0.05, 0.1) is 11.0 Å². The molecule has 2 rings (SSSR count). The number of rotatable bonds is 3. The maximum absolute atomic E-state index is 10.8. The van der Waals surface area contributed by atoms with Gasteiger partial charge in [-0.2, -0.15) is 5.10 Å². The number of nitrogens with zero attached hydrogens (tertiary/aromatic N) is 3. The molecule has 1 saturated heterocycles. The van der Waals surface area contributed by atoms with E-state index in [1.165, 1.54) is 0 Å². The van der Waals surface area contributed by atoms with Gasteiger partial charge in [-0.05, 0) is 32.4 Å². The number of aromatic nitrogens is 2. The Balaban J connectivity index is 2.24. The summed E-state index contributed by atoms with van der Waals surface area (Å²) in [7, 11) is 0. The van der Waals surface area contributed by atoms with Crippen molar-refractivity contribution in [3.63, 3.8) is 0 Å². The normalized spacial score (nSPS) is 17.6. The molecule has 1 aromatic heterocycles. The van der Waals surface area contributed by atoms with Crippen LogP contribution < -0.4 is 5.32 Å². The zero-order valence-electron chi connectivity index (χ0n) is 9.35. The first kappa shape index (κ1) is 11.1. The van der Waals surface area contributed by atoms with Gasteiger partial charge < -0.3 is 5.32 Å². The zero-order valence-corrected chi connectivity index (χ0v) is 9.35. The molecule has 0 aromatic carbocycles. The molecule has 6 heteroatoms. The van der Waals surface area contributed by atoms with Crippen molar-refractivity contribution in [2.24, 2.45) is 0 Å². The number of aryl methyl sites for hydroxylation is 1. The van der Waals surface area contributed by atoms with Crippen LogP contribution in [0, 0.1) is 10.1 Å². The van der Waals surface area contributed by atoms with E-state index in [2.05, 4.69) is 10.4 Å². The zero-order chi connectivity index (χ0) is 11.5. The summed E-state index contributed by atoms with van der Waals surface area (Å²) in [6, 6.07) is 0.306. The fraction of sp³-hybridized carbons (Fsp3) is 0.700. The number of piperidine rings is 1. The highest BCUT2D eigenvalue weighted by atomic mass is 16.6. The molecule has 0 saturated carbocycles. The van der Waals surface area contributed by atoms with Gasteiger partial charge in [-0.3, -0.25) is 14.8 Å². The van der Waals surface area contributed by atoms with Crippen molar-refractivity contribution in [2.75, 3.05) is 13.1 Å². The summed E-state index contributed by atoms with van der Waals surface area (Å²) in [5.41, 5.74) is 0.740. The molecule has 0 atom stereocenters. The van der Waals surface area contributed by atoms with Gasteiger partial charge in [0.15, 0.2) is 0 Å². The Hall–Kier alpha value is -1.43. The largest absolute Gasteiger partial charge is 0.317 e. The highest BCUT2D eigenvalue weighted by molar-refractivity contribution is 5.32. The van der Waals surface area contributed by atoms with Crippen LogP contribution in [0.15, 0.2) is 6.20 Å². The number of nitrogens with one attached hydrogen (secondary N) is 1. The van der Waals surface area contributed by atoms with E-state index in [1.54, 1.807) is 10.9 Å². The number of nitro groups is 1. The lowest BCUT2D eigenvalue weighted by Gasteiger charge is -2.22. The third-order valence-electron chi connectivity index (χ3n) is 3.00. The van der Waals surface area contributed by atoms with Crippen LogP contribution in [0.3, 0.4) is 0 Å². The van der Waals surface area contributed by atoms with Gasteiger partial charge >= 0.3 is 5.69 Å². The molecule has 0 spiro atoms. The van der Waals surface area contributed by atoms with Crippen LogP contribution in [-0.4, -0.2) is 27.8 Å². The Kier molecular flexibility index (Phi) is 3.19. The summed E-state index contributed by atoms with van der Waals surface area (Å²) in [4.78, 5) is 10.5. The van der Waals surface area contributed by atoms with E-state index in [9.17, 15) is 10.1 Å². The van der Waals surface area contributed by atoms with Gasteiger partial charge in [-0.1, -0.05) is 6.92 Å². The molecule has 0 unspecified atom stereocenters. The Bertz CT molecular complexity index is 382. The Labute approximate surface area is 93.8 Å². The van der Waals surface area contributed by atoms with Gasteiger partial charge in [0.1, 0.15) is 11.9 Å². The van der Waals surface area contributed by atoms with Crippen molar-refractivity contribution < 1.29 is 4.92 Å². The molecule has 0 bridgehead atoms. The predicted molar refractivity (Wildman–Crippen MR) is 59.4 cm³/mol. The summed E-state index contributed by atoms with van der Waals surface area (Å²) in [5.74, 6) is 0. The van der Waals surface area contributed by atoms with Crippen molar-refractivity contribution in [1.82, 2.24) is 15.1 Å². The van der Waals surface area contributed by atoms with Gasteiger partial charge in [0.25, 0.3) is 0 Å². The van der Waals surface area contributed by atoms with E-state index in [0.717, 1.165) is 25.9 Å². The fourth-order valence-corrected chi connectivity index (χ4v) is 2.08. The van der Waals surface area contributed by atoms with E-state index >= 15 is 0 Å². The van der Waals surface area contributed by atoms with E-state index in [0.29, 0.717) is 18.2 Å². The van der Waals surface area contributed by atoms with Crippen LogP contribution in [0.4, 0.5) is 5.69 Å². The minimum atomic E-state index is -0.344. The molecule has 0 amide bonds. The van der Waals surface area contributed by atoms with Crippen LogP contribution in [0.2, 0.25) is 0 Å². The molecule has 1 N–H and O–H groups in total. The van der Waals surface area contributed by atoms with E-state index in [1.807, 2.05) is 6.92 Å². The monoisotopic (exact) mass is 224 g/mol. The van der Waals surface area contributed by atoms with Crippen molar-refractivity contribution in [3.05, 3.63) is 22.0 Å².